The number of nitrogens with zero attached hydrogens (tertiary/aromatic N) is 2. The molecule has 1 N–H and O–H groups in total. The van der Waals surface area contributed by atoms with Crippen molar-refractivity contribution in [1.29, 1.82) is 0 Å². The lowest BCUT2D eigenvalue weighted by atomic mass is 9.88. The number of oxazole rings is 1. The average Bonchev–Trinajstić information content (AvgIpc) is 2.99. The SMILES string of the molecule is OC1CCCCC1N1CCC(c2nc3ccccc3o2)CC1. The molecule has 2 atom stereocenters. The summed E-state index contributed by atoms with van der Waals surface area (Å²) >= 11 is 0. The molecule has 2 heterocycles. The lowest BCUT2D eigenvalue weighted by molar-refractivity contribution is 0.00763. The van der Waals surface area contributed by atoms with Gasteiger partial charge in [0.15, 0.2) is 11.5 Å². The molecule has 1 aromatic carbocycles. The van der Waals surface area contributed by atoms with Crippen molar-refractivity contribution in [3.05, 3.63) is 30.2 Å². The molecule has 1 aromatic heterocycles. The molecule has 1 aliphatic carbocycles. The van der Waals surface area contributed by atoms with Crippen LogP contribution in [0.15, 0.2) is 28.7 Å². The maximum atomic E-state index is 10.2. The smallest absolute Gasteiger partial charge is 0.198 e. The van der Waals surface area contributed by atoms with E-state index in [4.69, 9.17) is 4.42 Å². The van der Waals surface area contributed by atoms with Gasteiger partial charge in [0.1, 0.15) is 5.52 Å². The number of fused-ring (bicyclic) bond motifs is 1. The van der Waals surface area contributed by atoms with Crippen molar-refractivity contribution in [3.8, 4) is 0 Å². The number of benzene rings is 1. The third kappa shape index (κ3) is 2.66. The quantitative estimate of drug-likeness (QED) is 0.924. The standard InChI is InChI=1S/C18H24N2O2/c21-16-7-3-2-6-15(16)20-11-9-13(10-12-20)18-19-14-5-1-4-8-17(14)22-18/h1,4-5,8,13,15-16,21H,2-3,6-7,9-12H2. The first kappa shape index (κ1) is 14.2. The van der Waals surface area contributed by atoms with E-state index in [1.807, 2.05) is 24.3 Å². The molecule has 4 nitrogen and oxygen atoms in total. The van der Waals surface area contributed by atoms with Gasteiger partial charge < -0.3 is 9.52 Å². The summed E-state index contributed by atoms with van der Waals surface area (Å²) in [5.74, 6) is 1.31. The Labute approximate surface area is 131 Å². The van der Waals surface area contributed by atoms with Crippen molar-refractivity contribution >= 4 is 11.1 Å². The zero-order chi connectivity index (χ0) is 14.9. The van der Waals surface area contributed by atoms with Crippen molar-refractivity contribution in [2.45, 2.75) is 56.6 Å². The van der Waals surface area contributed by atoms with E-state index in [-0.39, 0.29) is 6.10 Å². The van der Waals surface area contributed by atoms with Gasteiger partial charge in [0, 0.05) is 12.0 Å². The first-order valence-electron chi connectivity index (χ1n) is 8.59. The van der Waals surface area contributed by atoms with Crippen LogP contribution in [0.5, 0.6) is 0 Å². The highest BCUT2D eigenvalue weighted by molar-refractivity contribution is 5.72. The van der Waals surface area contributed by atoms with E-state index in [1.54, 1.807) is 0 Å². The molecule has 118 valence electrons. The Morgan fingerprint density at radius 3 is 2.59 bits per heavy atom. The van der Waals surface area contributed by atoms with E-state index in [0.717, 1.165) is 55.8 Å². The minimum absolute atomic E-state index is 0.130. The molecule has 22 heavy (non-hydrogen) atoms. The van der Waals surface area contributed by atoms with Crippen molar-refractivity contribution in [2.75, 3.05) is 13.1 Å². The zero-order valence-corrected chi connectivity index (χ0v) is 12.9. The van der Waals surface area contributed by atoms with Crippen molar-refractivity contribution in [3.63, 3.8) is 0 Å². The predicted octanol–water partition coefficient (Wildman–Crippen LogP) is 3.31. The Balaban J connectivity index is 1.43. The first-order chi connectivity index (χ1) is 10.8. The molecular weight excluding hydrogens is 276 g/mol. The topological polar surface area (TPSA) is 49.5 Å². The number of hydrogen-bond acceptors (Lipinski definition) is 4. The van der Waals surface area contributed by atoms with E-state index in [2.05, 4.69) is 9.88 Å². The summed E-state index contributed by atoms with van der Waals surface area (Å²) in [6.07, 6.45) is 6.58. The third-order valence-electron chi connectivity index (χ3n) is 5.35. The number of rotatable bonds is 2. The van der Waals surface area contributed by atoms with Gasteiger partial charge in [-0.2, -0.15) is 0 Å². The largest absolute Gasteiger partial charge is 0.440 e. The minimum atomic E-state index is -0.130. The van der Waals surface area contributed by atoms with E-state index in [9.17, 15) is 5.11 Å². The van der Waals surface area contributed by atoms with Crippen LogP contribution in [0.1, 0.15) is 50.3 Å². The second-order valence-corrected chi connectivity index (χ2v) is 6.75. The summed E-state index contributed by atoms with van der Waals surface area (Å²) in [6.45, 7) is 2.09. The fourth-order valence-electron chi connectivity index (χ4n) is 4.06. The Morgan fingerprint density at radius 2 is 1.82 bits per heavy atom. The van der Waals surface area contributed by atoms with Gasteiger partial charge in [-0.1, -0.05) is 25.0 Å². The van der Waals surface area contributed by atoms with Crippen LogP contribution in [0.25, 0.3) is 11.1 Å². The molecule has 0 amide bonds. The molecule has 1 saturated carbocycles. The molecule has 0 radical (unpaired) electrons. The summed E-state index contributed by atoms with van der Waals surface area (Å²) < 4.78 is 5.93. The van der Waals surface area contributed by atoms with E-state index < -0.39 is 0 Å². The molecule has 0 bridgehead atoms. The molecule has 2 unspecified atom stereocenters. The van der Waals surface area contributed by atoms with Gasteiger partial charge in [0.05, 0.1) is 6.10 Å². The number of hydrogen-bond donors (Lipinski definition) is 1. The van der Waals surface area contributed by atoms with Crippen molar-refractivity contribution in [1.82, 2.24) is 9.88 Å². The molecule has 0 spiro atoms. The van der Waals surface area contributed by atoms with Crippen LogP contribution in [0.2, 0.25) is 0 Å². The van der Waals surface area contributed by atoms with Crippen molar-refractivity contribution < 1.29 is 9.52 Å². The van der Waals surface area contributed by atoms with Crippen LogP contribution in [-0.2, 0) is 0 Å². The Morgan fingerprint density at radius 1 is 1.05 bits per heavy atom. The molecule has 1 aliphatic heterocycles. The maximum absolute atomic E-state index is 10.2. The third-order valence-corrected chi connectivity index (χ3v) is 5.35. The Bertz CT molecular complexity index is 598. The van der Waals surface area contributed by atoms with Gasteiger partial charge in [-0.25, -0.2) is 4.98 Å². The minimum Gasteiger partial charge on any atom is -0.440 e. The van der Waals surface area contributed by atoms with Gasteiger partial charge in [0.25, 0.3) is 0 Å². The van der Waals surface area contributed by atoms with Crippen LogP contribution in [-0.4, -0.2) is 40.2 Å². The molecule has 2 fully saturated rings. The van der Waals surface area contributed by atoms with Gasteiger partial charge >= 0.3 is 0 Å². The number of aliphatic hydroxyl groups is 1. The van der Waals surface area contributed by atoms with Crippen LogP contribution in [0.4, 0.5) is 0 Å². The molecule has 4 heteroatoms. The van der Waals surface area contributed by atoms with E-state index in [1.165, 1.54) is 12.8 Å². The number of aromatic nitrogens is 1. The summed E-state index contributed by atoms with van der Waals surface area (Å²) in [4.78, 5) is 7.14. The first-order valence-corrected chi connectivity index (χ1v) is 8.59. The number of para-hydroxylation sites is 2. The fourth-order valence-corrected chi connectivity index (χ4v) is 4.06. The second kappa shape index (κ2) is 6.01. The maximum Gasteiger partial charge on any atom is 0.198 e. The highest BCUT2D eigenvalue weighted by atomic mass is 16.3. The lowest BCUT2D eigenvalue weighted by Crippen LogP contribution is -2.48. The number of likely N-dealkylation sites (tertiary alicyclic amines) is 1. The van der Waals surface area contributed by atoms with E-state index in [0.29, 0.717) is 12.0 Å². The number of piperidine rings is 1. The fraction of sp³-hybridized carbons (Fsp3) is 0.611. The highest BCUT2D eigenvalue weighted by Crippen LogP contribution is 2.33. The summed E-state index contributed by atoms with van der Waals surface area (Å²) in [7, 11) is 0. The molecule has 1 saturated heterocycles. The van der Waals surface area contributed by atoms with Crippen LogP contribution >= 0.6 is 0 Å². The van der Waals surface area contributed by atoms with Crippen LogP contribution in [0, 0.1) is 0 Å². The molecule has 2 aliphatic rings. The normalized spacial score (nSPS) is 28.2. The van der Waals surface area contributed by atoms with Gasteiger partial charge in [0.2, 0.25) is 0 Å². The number of aliphatic hydroxyl groups excluding tert-OH is 1. The average molecular weight is 300 g/mol. The predicted molar refractivity (Wildman–Crippen MR) is 85.8 cm³/mol. The van der Waals surface area contributed by atoms with Crippen LogP contribution < -0.4 is 0 Å². The van der Waals surface area contributed by atoms with Crippen LogP contribution in [0.3, 0.4) is 0 Å². The summed E-state index contributed by atoms with van der Waals surface area (Å²) in [5, 5.41) is 10.2. The van der Waals surface area contributed by atoms with Gasteiger partial charge in [-0.15, -0.1) is 0 Å². The van der Waals surface area contributed by atoms with Gasteiger partial charge in [-0.3, -0.25) is 4.90 Å². The van der Waals surface area contributed by atoms with Crippen molar-refractivity contribution in [2.24, 2.45) is 0 Å². The molecular formula is C18H24N2O2. The van der Waals surface area contributed by atoms with Gasteiger partial charge in [-0.05, 0) is 50.9 Å². The summed E-state index contributed by atoms with van der Waals surface area (Å²) in [6, 6.07) is 8.36. The van der Waals surface area contributed by atoms with E-state index >= 15 is 0 Å². The Kier molecular flexibility index (Phi) is 3.89. The molecule has 4 rings (SSSR count). The summed E-state index contributed by atoms with van der Waals surface area (Å²) in [5.41, 5.74) is 1.85. The monoisotopic (exact) mass is 300 g/mol. The zero-order valence-electron chi connectivity index (χ0n) is 12.9. The lowest BCUT2D eigenvalue weighted by Gasteiger charge is -2.41. The Hall–Kier alpha value is -1.39. The highest BCUT2D eigenvalue weighted by Gasteiger charge is 2.32. The second-order valence-electron chi connectivity index (χ2n) is 6.75. The molecule has 2 aromatic rings.